The number of benzene rings is 1. The molecule has 1 fully saturated rings. The first-order valence-electron chi connectivity index (χ1n) is 8.56. The summed E-state index contributed by atoms with van der Waals surface area (Å²) in [4.78, 5) is 26.8. The van der Waals surface area contributed by atoms with Crippen LogP contribution in [0.2, 0.25) is 0 Å². The smallest absolute Gasteiger partial charge is 0.250 e. The van der Waals surface area contributed by atoms with E-state index >= 15 is 0 Å². The number of methoxy groups -OCH3 is 2. The summed E-state index contributed by atoms with van der Waals surface area (Å²) in [5.41, 5.74) is 2.38. The second kappa shape index (κ2) is 7.17. The molecule has 1 N–H and O–H groups in total. The van der Waals surface area contributed by atoms with Crippen molar-refractivity contribution >= 4 is 17.5 Å². The van der Waals surface area contributed by atoms with Gasteiger partial charge in [-0.1, -0.05) is 6.42 Å². The average Bonchev–Trinajstić information content (AvgIpc) is 2.87. The van der Waals surface area contributed by atoms with E-state index in [4.69, 9.17) is 9.47 Å². The van der Waals surface area contributed by atoms with Crippen LogP contribution in [0.5, 0.6) is 11.5 Å². The Morgan fingerprint density at radius 2 is 2.08 bits per heavy atom. The maximum absolute atomic E-state index is 12.5. The van der Waals surface area contributed by atoms with Crippen molar-refractivity contribution in [1.29, 1.82) is 0 Å². The van der Waals surface area contributed by atoms with E-state index in [1.807, 2.05) is 7.05 Å². The molecule has 0 saturated heterocycles. The van der Waals surface area contributed by atoms with Crippen LogP contribution in [-0.2, 0) is 9.59 Å². The lowest BCUT2D eigenvalue weighted by atomic mass is 9.88. The van der Waals surface area contributed by atoms with Gasteiger partial charge in [-0.15, -0.1) is 0 Å². The molecule has 2 aliphatic rings. The number of likely N-dealkylation sites (N-methyl/N-ethyl adjacent to an activating group) is 1. The van der Waals surface area contributed by atoms with Gasteiger partial charge in [0.05, 0.1) is 32.4 Å². The predicted octanol–water partition coefficient (Wildman–Crippen LogP) is 2.74. The van der Waals surface area contributed by atoms with Gasteiger partial charge < -0.3 is 19.7 Å². The lowest BCUT2D eigenvalue weighted by Crippen LogP contribution is -2.33. The summed E-state index contributed by atoms with van der Waals surface area (Å²) in [6, 6.07) is 5.38. The first-order chi connectivity index (χ1) is 12.0. The number of hydrogen-bond donors (Lipinski definition) is 1. The molecule has 0 bridgehead atoms. The van der Waals surface area contributed by atoms with Crippen molar-refractivity contribution in [2.75, 3.05) is 26.6 Å². The summed E-state index contributed by atoms with van der Waals surface area (Å²) >= 11 is 0. The number of carbonyl (C=O) groups is 2. The van der Waals surface area contributed by atoms with Gasteiger partial charge in [-0.05, 0) is 37.0 Å². The van der Waals surface area contributed by atoms with Gasteiger partial charge in [0.25, 0.3) is 5.91 Å². The molecule has 1 aliphatic carbocycles. The molecule has 1 aliphatic heterocycles. The van der Waals surface area contributed by atoms with Crippen LogP contribution in [-0.4, -0.2) is 44.0 Å². The van der Waals surface area contributed by atoms with Crippen molar-refractivity contribution in [3.05, 3.63) is 29.3 Å². The summed E-state index contributed by atoms with van der Waals surface area (Å²) < 4.78 is 10.5. The molecule has 0 spiro atoms. The zero-order valence-corrected chi connectivity index (χ0v) is 14.9. The lowest BCUT2D eigenvalue weighted by molar-refractivity contribution is -0.127. The number of nitrogens with one attached hydrogen (secondary N) is 1. The Morgan fingerprint density at radius 3 is 2.80 bits per heavy atom. The first kappa shape index (κ1) is 17.3. The summed E-state index contributed by atoms with van der Waals surface area (Å²) in [6.45, 7) is 0. The highest BCUT2D eigenvalue weighted by molar-refractivity contribution is 6.05. The number of ether oxygens (including phenoxy) is 2. The molecule has 1 unspecified atom stereocenters. The van der Waals surface area contributed by atoms with E-state index in [1.165, 1.54) is 7.11 Å². The predicted molar refractivity (Wildman–Crippen MR) is 94.8 cm³/mol. The van der Waals surface area contributed by atoms with Gasteiger partial charge in [-0.2, -0.15) is 0 Å². The molecule has 1 aromatic rings. The molecule has 1 aromatic carbocycles. The quantitative estimate of drug-likeness (QED) is 0.892. The molecule has 3 rings (SSSR count). The van der Waals surface area contributed by atoms with Crippen LogP contribution in [0, 0.1) is 0 Å². The van der Waals surface area contributed by atoms with E-state index in [-0.39, 0.29) is 24.3 Å². The topological polar surface area (TPSA) is 67.9 Å². The normalized spacial score (nSPS) is 19.7. The molecule has 0 radical (unpaired) electrons. The van der Waals surface area contributed by atoms with E-state index in [1.54, 1.807) is 30.2 Å². The maximum atomic E-state index is 12.5. The molecule has 0 aromatic heterocycles. The molecule has 2 amide bonds. The van der Waals surface area contributed by atoms with Gasteiger partial charge >= 0.3 is 0 Å². The van der Waals surface area contributed by atoms with Crippen LogP contribution in [0.15, 0.2) is 29.3 Å². The SMILES string of the molecule is COc1ccc(NC(=O)CC2=C3CCCCC3N(C)C2=O)c(OC)c1. The molecule has 1 heterocycles. The van der Waals surface area contributed by atoms with Gasteiger partial charge in [0.2, 0.25) is 5.91 Å². The summed E-state index contributed by atoms with van der Waals surface area (Å²) in [7, 11) is 4.94. The van der Waals surface area contributed by atoms with E-state index in [0.717, 1.165) is 31.3 Å². The highest BCUT2D eigenvalue weighted by Gasteiger charge is 2.38. The van der Waals surface area contributed by atoms with Crippen LogP contribution < -0.4 is 14.8 Å². The minimum absolute atomic E-state index is 0.0151. The monoisotopic (exact) mass is 344 g/mol. The first-order valence-corrected chi connectivity index (χ1v) is 8.56. The van der Waals surface area contributed by atoms with Crippen LogP contribution in [0.25, 0.3) is 0 Å². The number of anilines is 1. The van der Waals surface area contributed by atoms with Crippen LogP contribution in [0.3, 0.4) is 0 Å². The van der Waals surface area contributed by atoms with Crippen molar-refractivity contribution < 1.29 is 19.1 Å². The Hall–Kier alpha value is -2.50. The summed E-state index contributed by atoms with van der Waals surface area (Å²) in [5.74, 6) is 0.950. The van der Waals surface area contributed by atoms with Crippen molar-refractivity contribution in [3.8, 4) is 11.5 Å². The lowest BCUT2D eigenvalue weighted by Gasteiger charge is -2.26. The Balaban J connectivity index is 1.75. The fraction of sp³-hybridized carbons (Fsp3) is 0.474. The summed E-state index contributed by atoms with van der Waals surface area (Å²) in [5, 5.41) is 2.85. The third-order valence-electron chi connectivity index (χ3n) is 5.03. The van der Waals surface area contributed by atoms with Crippen LogP contribution in [0.1, 0.15) is 32.1 Å². The largest absolute Gasteiger partial charge is 0.497 e. The highest BCUT2D eigenvalue weighted by Crippen LogP contribution is 2.37. The number of carbonyl (C=O) groups excluding carboxylic acids is 2. The number of rotatable bonds is 5. The highest BCUT2D eigenvalue weighted by atomic mass is 16.5. The van der Waals surface area contributed by atoms with Crippen molar-refractivity contribution in [3.63, 3.8) is 0 Å². The van der Waals surface area contributed by atoms with Crippen molar-refractivity contribution in [1.82, 2.24) is 4.90 Å². The molecular formula is C19H24N2O4. The Labute approximate surface area is 147 Å². The van der Waals surface area contributed by atoms with Crippen LogP contribution in [0.4, 0.5) is 5.69 Å². The van der Waals surface area contributed by atoms with E-state index in [9.17, 15) is 9.59 Å². The Bertz CT molecular complexity index is 726. The molecule has 25 heavy (non-hydrogen) atoms. The number of amides is 2. The maximum Gasteiger partial charge on any atom is 0.250 e. The van der Waals surface area contributed by atoms with Gasteiger partial charge in [-0.25, -0.2) is 0 Å². The van der Waals surface area contributed by atoms with Crippen molar-refractivity contribution in [2.24, 2.45) is 0 Å². The Morgan fingerprint density at radius 1 is 1.28 bits per heavy atom. The third kappa shape index (κ3) is 3.34. The van der Waals surface area contributed by atoms with Crippen molar-refractivity contribution in [2.45, 2.75) is 38.1 Å². The van der Waals surface area contributed by atoms with Gasteiger partial charge in [0.1, 0.15) is 11.5 Å². The third-order valence-corrected chi connectivity index (χ3v) is 5.03. The summed E-state index contributed by atoms with van der Waals surface area (Å²) in [6.07, 6.45) is 4.23. The minimum atomic E-state index is -0.209. The van der Waals surface area contributed by atoms with Gasteiger partial charge in [0.15, 0.2) is 0 Å². The minimum Gasteiger partial charge on any atom is -0.497 e. The second-order valence-corrected chi connectivity index (χ2v) is 6.47. The number of hydrogen-bond acceptors (Lipinski definition) is 4. The molecular weight excluding hydrogens is 320 g/mol. The average molecular weight is 344 g/mol. The van der Waals surface area contributed by atoms with Gasteiger partial charge in [0, 0.05) is 18.7 Å². The van der Waals surface area contributed by atoms with E-state index in [0.29, 0.717) is 22.8 Å². The van der Waals surface area contributed by atoms with E-state index < -0.39 is 0 Å². The fourth-order valence-electron chi connectivity index (χ4n) is 3.71. The zero-order chi connectivity index (χ0) is 18.0. The van der Waals surface area contributed by atoms with Crippen LogP contribution >= 0.6 is 0 Å². The van der Waals surface area contributed by atoms with Gasteiger partial charge in [-0.3, -0.25) is 9.59 Å². The molecule has 6 nitrogen and oxygen atoms in total. The molecule has 6 heteroatoms. The number of nitrogens with zero attached hydrogens (tertiary/aromatic N) is 1. The molecule has 1 atom stereocenters. The number of fused-ring (bicyclic) bond motifs is 1. The zero-order valence-electron chi connectivity index (χ0n) is 14.9. The molecule has 134 valence electrons. The molecule has 1 saturated carbocycles. The fourth-order valence-corrected chi connectivity index (χ4v) is 3.71. The second-order valence-electron chi connectivity index (χ2n) is 6.47. The van der Waals surface area contributed by atoms with E-state index in [2.05, 4.69) is 5.32 Å². The Kier molecular flexibility index (Phi) is 4.97. The standard InChI is InChI=1S/C19H24N2O4/c1-21-16-7-5-4-6-13(16)14(19(21)23)11-18(22)20-15-9-8-12(24-2)10-17(15)25-3/h8-10,16H,4-7,11H2,1-3H3,(H,20,22).